The molecule has 7 fully saturated rings. The number of carboxylic acids is 1. The number of aliphatic carboxylic acids is 1. The summed E-state index contributed by atoms with van der Waals surface area (Å²) in [6, 6.07) is -4.02. The molecule has 80 heavy (non-hydrogen) atoms. The number of aliphatic hydroxyl groups excluding tert-OH is 18. The molecule has 36 nitrogen and oxygen atoms in total. The molecule has 466 valence electrons. The number of hydrogen-bond donors (Lipinski definition) is 22. The Hall–Kier alpha value is -1.89. The maximum Gasteiger partial charge on any atom is 0.364 e. The van der Waals surface area contributed by atoms with Crippen LogP contribution in [0.3, 0.4) is 0 Å². The van der Waals surface area contributed by atoms with Crippen LogP contribution in [0.2, 0.25) is 0 Å². The van der Waals surface area contributed by atoms with Crippen molar-refractivity contribution in [1.82, 2.24) is 0 Å². The van der Waals surface area contributed by atoms with Crippen LogP contribution in [0.25, 0.3) is 0 Å². The predicted molar refractivity (Wildman–Crippen MR) is 246 cm³/mol. The van der Waals surface area contributed by atoms with Gasteiger partial charge in [-0.3, -0.25) is 0 Å². The fourth-order valence-corrected chi connectivity index (χ4v) is 10.1. The second-order valence-corrected chi connectivity index (χ2v) is 20.9. The van der Waals surface area contributed by atoms with Crippen molar-refractivity contribution in [3.8, 4) is 0 Å². The van der Waals surface area contributed by atoms with E-state index in [1.165, 1.54) is 13.8 Å². The topological polar surface area (TPSA) is 599 Å². The maximum absolute atomic E-state index is 12.9. The molecule has 0 spiro atoms. The lowest BCUT2D eigenvalue weighted by Gasteiger charge is -2.49. The average molecular weight is 1180 g/mol. The van der Waals surface area contributed by atoms with Gasteiger partial charge in [0.1, 0.15) is 128 Å². The number of ether oxygens (including phenoxy) is 13. The van der Waals surface area contributed by atoms with E-state index in [0.717, 1.165) is 0 Å². The van der Waals surface area contributed by atoms with Crippen molar-refractivity contribution in [2.24, 2.45) is 17.2 Å². The van der Waals surface area contributed by atoms with Gasteiger partial charge in [-0.15, -0.1) is 0 Å². The Morgan fingerprint density at radius 2 is 0.925 bits per heavy atom. The molecule has 35 atom stereocenters. The molecule has 0 bridgehead atoms. The monoisotopic (exact) mass is 1180 g/mol. The Morgan fingerprint density at radius 1 is 0.487 bits per heavy atom. The van der Waals surface area contributed by atoms with Crippen molar-refractivity contribution in [2.45, 2.75) is 235 Å². The van der Waals surface area contributed by atoms with Crippen LogP contribution in [-0.4, -0.2) is 350 Å². The molecule has 0 aromatic carbocycles. The van der Waals surface area contributed by atoms with Crippen molar-refractivity contribution < 1.29 is 163 Å². The lowest BCUT2D eigenvalue weighted by atomic mass is 9.91. The van der Waals surface area contributed by atoms with E-state index in [9.17, 15) is 102 Å². The van der Waals surface area contributed by atoms with Crippen LogP contribution in [0.15, 0.2) is 0 Å². The summed E-state index contributed by atoms with van der Waals surface area (Å²) in [5, 5.41) is 203. The summed E-state index contributed by atoms with van der Waals surface area (Å²) in [4.78, 5) is 12.9. The van der Waals surface area contributed by atoms with Gasteiger partial charge in [-0.1, -0.05) is 0 Å². The van der Waals surface area contributed by atoms with Gasteiger partial charge < -0.3 is 176 Å². The molecule has 7 aliphatic heterocycles. The Kier molecular flexibility index (Phi) is 22.3. The van der Waals surface area contributed by atoms with Gasteiger partial charge in [0.05, 0.1) is 75.6 Å². The van der Waals surface area contributed by atoms with Crippen LogP contribution in [0.4, 0.5) is 0 Å². The third-order valence-corrected chi connectivity index (χ3v) is 15.3. The smallest absolute Gasteiger partial charge is 0.364 e. The van der Waals surface area contributed by atoms with Crippen LogP contribution in [-0.2, 0) is 66.4 Å². The summed E-state index contributed by atoms with van der Waals surface area (Å²) >= 11 is 0. The highest BCUT2D eigenvalue weighted by atomic mass is 16.8. The number of hydrogen-bond acceptors (Lipinski definition) is 35. The molecular formula is C44H77N3O33. The molecule has 0 aromatic heterocycles. The fraction of sp³-hybridized carbons (Fsp3) is 0.977. The van der Waals surface area contributed by atoms with Gasteiger partial charge >= 0.3 is 5.97 Å². The van der Waals surface area contributed by atoms with Gasteiger partial charge in [0.25, 0.3) is 5.79 Å². The summed E-state index contributed by atoms with van der Waals surface area (Å²) in [6.07, 6.45) is -56.0. The second-order valence-electron chi connectivity index (χ2n) is 20.9. The van der Waals surface area contributed by atoms with E-state index in [1.54, 1.807) is 0 Å². The molecule has 0 aromatic rings. The normalized spacial score (nSPS) is 52.8. The molecule has 25 N–H and O–H groups in total. The highest BCUT2D eigenvalue weighted by Crippen LogP contribution is 2.38. The minimum atomic E-state index is -2.96. The van der Waals surface area contributed by atoms with Crippen molar-refractivity contribution in [2.75, 3.05) is 33.0 Å². The standard InChI is InChI=1S/C44H77N3O33/c1-9-20(51)27(58)31(62)41(73-9)79-36-21(52)10(2)72-40(33(36)64)70-6-14-24(55)28(59)30(61)39(76-14)69-7-15-25(56)29(60)32(63)42(77-15)78-34-11(49)3-44(43(66)67,80-35(34)12(50)4-48)71-8-16-22(53)17(45)18(46)38(75-16)68-5-13-23(54)26(57)19(47)37(65)74-13/h9-42,48-65H,3-8,45-47H2,1-2H3,(H,66,67)/t9-,10-,11-,12-,13-,14-,15-,16-,17-,18-,19-,20-,21-,22-,23-,24-,25-,26-,27+,28+,29+,30+,31+,32+,33+,34-,35-,36+,37+,38-,39+,40+,41-,42-,44-/m1/s1. The molecule has 36 heteroatoms. The van der Waals surface area contributed by atoms with Crippen molar-refractivity contribution in [3.63, 3.8) is 0 Å². The van der Waals surface area contributed by atoms with E-state index in [1.807, 2.05) is 0 Å². The fourth-order valence-electron chi connectivity index (χ4n) is 10.1. The van der Waals surface area contributed by atoms with Crippen LogP contribution >= 0.6 is 0 Å². The zero-order valence-corrected chi connectivity index (χ0v) is 42.8. The van der Waals surface area contributed by atoms with Gasteiger partial charge in [0, 0.05) is 6.42 Å². The zero-order valence-electron chi connectivity index (χ0n) is 42.8. The Labute approximate surface area is 453 Å². The first-order valence-corrected chi connectivity index (χ1v) is 25.6. The van der Waals surface area contributed by atoms with Gasteiger partial charge in [0.15, 0.2) is 37.7 Å². The van der Waals surface area contributed by atoms with Crippen LogP contribution in [0.5, 0.6) is 0 Å². The Balaban J connectivity index is 0.966. The minimum Gasteiger partial charge on any atom is -0.477 e. The van der Waals surface area contributed by atoms with E-state index in [2.05, 4.69) is 0 Å². The van der Waals surface area contributed by atoms with E-state index in [-0.39, 0.29) is 0 Å². The van der Waals surface area contributed by atoms with Gasteiger partial charge in [0.2, 0.25) is 0 Å². The predicted octanol–water partition coefficient (Wildman–Crippen LogP) is -14.5. The molecule has 0 saturated carbocycles. The molecule has 7 saturated heterocycles. The molecule has 0 radical (unpaired) electrons. The average Bonchev–Trinajstić information content (AvgIpc) is 3.43. The second kappa shape index (κ2) is 27.2. The lowest BCUT2D eigenvalue weighted by molar-refractivity contribution is -0.375. The highest BCUT2D eigenvalue weighted by Gasteiger charge is 2.59. The number of carboxylic acid groups (broad SMARTS) is 1. The molecule has 0 amide bonds. The van der Waals surface area contributed by atoms with Crippen molar-refractivity contribution in [3.05, 3.63) is 0 Å². The SMILES string of the molecule is C[C@H]1O[C@H](O[C@@H]2[C@H](O)[C@@H](OC[C@H]3O[C@H](OC[C@H]4O[C@H](O[C@H]5[C@@H]([C@H](O)CO)O[C@@](OC[C@H]6O[C@@H](OC[C@H]7O[C@H](O)[C@H](N)[C@@H](O)[C@@H]7O)[C@H](N)[C@@H](N)[C@@H]6O)(C(=O)O)C[C@H]5O)[C@@H](O)[C@@H](O)[C@@H]4O)[C@@H](O)[C@@H](O)[C@@H]3O)O[C@H](C)[C@H]2O)[C@@H](O)[C@@H](O)[C@@H]1O. The summed E-state index contributed by atoms with van der Waals surface area (Å²) in [7, 11) is 0. The number of nitrogens with two attached hydrogens (primary N) is 3. The largest absolute Gasteiger partial charge is 0.477 e. The van der Waals surface area contributed by atoms with Crippen LogP contribution in [0.1, 0.15) is 20.3 Å². The maximum atomic E-state index is 12.9. The van der Waals surface area contributed by atoms with E-state index in [0.29, 0.717) is 0 Å². The Morgan fingerprint density at radius 3 is 1.50 bits per heavy atom. The first-order valence-electron chi connectivity index (χ1n) is 25.6. The molecular weight excluding hydrogens is 1100 g/mol. The van der Waals surface area contributed by atoms with Crippen LogP contribution in [0, 0.1) is 0 Å². The van der Waals surface area contributed by atoms with E-state index < -0.39 is 260 Å². The molecule has 0 unspecified atom stereocenters. The summed E-state index contributed by atoms with van der Waals surface area (Å²) in [5.41, 5.74) is 17.9. The highest BCUT2D eigenvalue weighted by molar-refractivity contribution is 5.76. The first kappa shape index (κ1) is 65.6. The molecule has 7 heterocycles. The first-order chi connectivity index (χ1) is 37.5. The summed E-state index contributed by atoms with van der Waals surface area (Å²) < 4.78 is 72.9. The van der Waals surface area contributed by atoms with E-state index in [4.69, 9.17) is 78.8 Å². The molecule has 7 rings (SSSR count). The third kappa shape index (κ3) is 13.7. The summed E-state index contributed by atoms with van der Waals surface area (Å²) in [6.45, 7) is -1.61. The van der Waals surface area contributed by atoms with Gasteiger partial charge in [-0.05, 0) is 13.8 Å². The van der Waals surface area contributed by atoms with Gasteiger partial charge in [-0.25, -0.2) is 4.79 Å². The van der Waals surface area contributed by atoms with Crippen LogP contribution < -0.4 is 17.2 Å². The molecule has 0 aliphatic carbocycles. The Bertz CT molecular complexity index is 1970. The third-order valence-electron chi connectivity index (χ3n) is 15.3. The number of carbonyl (C=O) groups is 1. The van der Waals surface area contributed by atoms with E-state index >= 15 is 0 Å². The number of aliphatic hydroxyl groups is 18. The quantitative estimate of drug-likeness (QED) is 0.0571. The minimum absolute atomic E-state index is 0.592. The zero-order chi connectivity index (χ0) is 59.1. The van der Waals surface area contributed by atoms with Crippen molar-refractivity contribution in [1.29, 1.82) is 0 Å². The van der Waals surface area contributed by atoms with Crippen molar-refractivity contribution >= 4 is 5.97 Å². The summed E-state index contributed by atoms with van der Waals surface area (Å²) in [5.74, 6) is -4.90. The number of rotatable bonds is 19. The van der Waals surface area contributed by atoms with Gasteiger partial charge in [-0.2, -0.15) is 0 Å². The lowest BCUT2D eigenvalue weighted by Crippen LogP contribution is -2.68. The molecule has 7 aliphatic rings.